The molecule has 1 aliphatic rings. The van der Waals surface area contributed by atoms with Crippen LogP contribution in [0.3, 0.4) is 0 Å². The highest BCUT2D eigenvalue weighted by molar-refractivity contribution is 7.89. The molecule has 0 saturated heterocycles. The maximum Gasteiger partial charge on any atom is 0.416 e. The van der Waals surface area contributed by atoms with Gasteiger partial charge in [-0.25, -0.2) is 32.4 Å². The quantitative estimate of drug-likeness (QED) is 0.140. The van der Waals surface area contributed by atoms with Crippen LogP contribution in [0.4, 0.5) is 18.0 Å². The van der Waals surface area contributed by atoms with E-state index >= 15 is 0 Å². The highest BCUT2D eigenvalue weighted by atomic mass is 32.2. The van der Waals surface area contributed by atoms with E-state index in [2.05, 4.69) is 15.7 Å². The maximum absolute atomic E-state index is 14.2. The molecule has 6 rings (SSSR count). The Labute approximate surface area is 333 Å². The molecule has 0 atom stereocenters. The SMILES string of the molecule is Cc1c(CCNC(=O)[C@H]2CC[C@H](NC(=O)n3c(-c4ccnn4-c4ccc(C#N)cc4)c(C)n(-c4cccc(C(F)(F)F)c4)c3=O)CC2)cc(S(N)(=O)=O)c(C)c1C.N. The molecule has 3 aromatic carbocycles. The number of imidazole rings is 1. The summed E-state index contributed by atoms with van der Waals surface area (Å²) in [5, 5.41) is 24.9. The molecule has 0 radical (unpaired) electrons. The average Bonchev–Trinajstić information content (AvgIpc) is 3.75. The van der Waals surface area contributed by atoms with Crippen molar-refractivity contribution in [2.24, 2.45) is 11.1 Å². The second-order valence-corrected chi connectivity index (χ2v) is 15.7. The summed E-state index contributed by atoms with van der Waals surface area (Å²) in [6.45, 7) is 7.23. The number of nitrogens with two attached hydrogens (primary N) is 1. The van der Waals surface area contributed by atoms with Crippen molar-refractivity contribution in [2.45, 2.75) is 76.9 Å². The first-order valence-corrected chi connectivity index (χ1v) is 19.7. The predicted octanol–water partition coefficient (Wildman–Crippen LogP) is 5.90. The fourth-order valence-electron chi connectivity index (χ4n) is 7.43. The number of hydrogen-bond acceptors (Lipinski definition) is 8. The van der Waals surface area contributed by atoms with Gasteiger partial charge in [0.1, 0.15) is 5.69 Å². The van der Waals surface area contributed by atoms with Crippen molar-refractivity contribution in [3.63, 3.8) is 0 Å². The number of sulfonamides is 1. The molecule has 58 heavy (non-hydrogen) atoms. The Bertz CT molecular complexity index is 2580. The number of alkyl halides is 3. The van der Waals surface area contributed by atoms with Crippen LogP contribution in [-0.4, -0.2) is 51.9 Å². The first-order valence-electron chi connectivity index (χ1n) is 18.2. The Balaban J connectivity index is 0.00000641. The molecular weight excluding hydrogens is 776 g/mol. The van der Waals surface area contributed by atoms with Crippen LogP contribution in [0.15, 0.2) is 76.6 Å². The third-order valence-corrected chi connectivity index (χ3v) is 11.8. The highest BCUT2D eigenvalue weighted by Gasteiger charge is 2.33. The molecule has 306 valence electrons. The molecule has 18 heteroatoms. The molecule has 1 fully saturated rings. The van der Waals surface area contributed by atoms with Gasteiger partial charge in [0.25, 0.3) is 0 Å². The number of amides is 2. The lowest BCUT2D eigenvalue weighted by molar-refractivity contribution is -0.137. The first kappa shape index (κ1) is 43.1. The number of primary sulfonamides is 1. The van der Waals surface area contributed by atoms with Crippen molar-refractivity contribution >= 4 is 22.0 Å². The molecule has 0 unspecified atom stereocenters. The number of carbonyl (C=O) groups excluding carboxylic acids is 2. The monoisotopic (exact) mass is 819 g/mol. The Morgan fingerprint density at radius 3 is 2.24 bits per heavy atom. The summed E-state index contributed by atoms with van der Waals surface area (Å²) in [6, 6.07) is 14.7. The Kier molecular flexibility index (Phi) is 12.5. The zero-order valence-corrected chi connectivity index (χ0v) is 33.2. The van der Waals surface area contributed by atoms with Gasteiger partial charge in [-0.2, -0.15) is 23.5 Å². The Morgan fingerprint density at radius 2 is 1.62 bits per heavy atom. The summed E-state index contributed by atoms with van der Waals surface area (Å²) in [7, 11) is -3.93. The third-order valence-electron chi connectivity index (χ3n) is 10.8. The number of halogens is 3. The molecule has 0 spiro atoms. The number of nitriles is 1. The van der Waals surface area contributed by atoms with Gasteiger partial charge in [0.05, 0.1) is 51.1 Å². The minimum Gasteiger partial charge on any atom is -0.356 e. The first-order chi connectivity index (χ1) is 26.9. The van der Waals surface area contributed by atoms with Crippen molar-refractivity contribution in [2.75, 3.05) is 6.54 Å². The van der Waals surface area contributed by atoms with Gasteiger partial charge in [0, 0.05) is 18.5 Å². The zero-order valence-electron chi connectivity index (χ0n) is 32.4. The van der Waals surface area contributed by atoms with Gasteiger partial charge < -0.3 is 16.8 Å². The van der Waals surface area contributed by atoms with Gasteiger partial charge in [0.2, 0.25) is 15.9 Å². The summed E-state index contributed by atoms with van der Waals surface area (Å²) in [6.07, 6.45) is -1.12. The van der Waals surface area contributed by atoms with Crippen LogP contribution in [0, 0.1) is 44.9 Å². The molecule has 0 bridgehead atoms. The number of carbonyl (C=O) groups is 2. The van der Waals surface area contributed by atoms with Gasteiger partial charge in [-0.05, 0) is 137 Å². The molecule has 2 aromatic heterocycles. The van der Waals surface area contributed by atoms with Crippen LogP contribution in [0.5, 0.6) is 0 Å². The van der Waals surface area contributed by atoms with Gasteiger partial charge in [-0.15, -0.1) is 0 Å². The van der Waals surface area contributed by atoms with Crippen LogP contribution in [0.1, 0.15) is 64.8 Å². The second-order valence-electron chi connectivity index (χ2n) is 14.2. The summed E-state index contributed by atoms with van der Waals surface area (Å²) >= 11 is 0. The summed E-state index contributed by atoms with van der Waals surface area (Å²) in [5.41, 5.74) is 2.63. The molecule has 14 nitrogen and oxygen atoms in total. The largest absolute Gasteiger partial charge is 0.416 e. The average molecular weight is 820 g/mol. The van der Waals surface area contributed by atoms with Gasteiger partial charge in [0.15, 0.2) is 0 Å². The molecule has 0 aliphatic heterocycles. The van der Waals surface area contributed by atoms with Crippen LogP contribution in [0.25, 0.3) is 22.8 Å². The van der Waals surface area contributed by atoms with E-state index in [0.717, 1.165) is 38.0 Å². The normalized spacial score (nSPS) is 15.6. The van der Waals surface area contributed by atoms with Crippen molar-refractivity contribution in [3.05, 3.63) is 116 Å². The topological polar surface area (TPSA) is 222 Å². The summed E-state index contributed by atoms with van der Waals surface area (Å²) in [5.74, 6) is -0.514. The van der Waals surface area contributed by atoms with Crippen LogP contribution in [0.2, 0.25) is 0 Å². The highest BCUT2D eigenvalue weighted by Crippen LogP contribution is 2.33. The van der Waals surface area contributed by atoms with Crippen molar-refractivity contribution in [1.82, 2.24) is 35.7 Å². The fourth-order valence-corrected chi connectivity index (χ4v) is 8.31. The predicted molar refractivity (Wildman–Crippen MR) is 210 cm³/mol. The summed E-state index contributed by atoms with van der Waals surface area (Å²) in [4.78, 5) is 41.5. The van der Waals surface area contributed by atoms with Gasteiger partial charge in [-0.3, -0.25) is 9.36 Å². The molecule has 5 aromatic rings. The Morgan fingerprint density at radius 1 is 0.948 bits per heavy atom. The van der Waals surface area contributed by atoms with Crippen LogP contribution < -0.4 is 27.6 Å². The number of hydrogen-bond donors (Lipinski definition) is 4. The van der Waals surface area contributed by atoms with Crippen molar-refractivity contribution < 1.29 is 31.2 Å². The lowest BCUT2D eigenvalue weighted by Crippen LogP contribution is -2.45. The summed E-state index contributed by atoms with van der Waals surface area (Å²) < 4.78 is 68.9. The lowest BCUT2D eigenvalue weighted by Gasteiger charge is -2.28. The molecular formula is C40H44F3N9O5S. The van der Waals surface area contributed by atoms with Crippen LogP contribution >= 0.6 is 0 Å². The maximum atomic E-state index is 14.2. The molecule has 1 saturated carbocycles. The van der Waals surface area contributed by atoms with E-state index in [1.165, 1.54) is 29.9 Å². The second kappa shape index (κ2) is 16.8. The molecule has 2 heterocycles. The van der Waals surface area contributed by atoms with E-state index in [4.69, 9.17) is 5.14 Å². The minimum atomic E-state index is -4.68. The van der Waals surface area contributed by atoms with E-state index < -0.39 is 39.5 Å². The minimum absolute atomic E-state index is 0. The zero-order chi connectivity index (χ0) is 41.4. The smallest absolute Gasteiger partial charge is 0.356 e. The standard InChI is InChI=1S/C40H41F3N8O5S.H3N/c1-23-24(2)29(20-35(25(23)3)57(45,55)56)16-18-46-37(52)28-10-12-31(13-11-28)48-38(53)50-36(34-17-19-47-51(34)32-14-8-27(22-44)9-15-32)26(4)49(39(50)54)33-7-5-6-30(21-33)40(41,42)43;/h5-9,14-15,17,19-21,28,31H,10-13,16,18H2,1-4H3,(H,46,52)(H,48,53)(H2,45,55,56);1H3/t28-,31-;. The van der Waals surface area contributed by atoms with E-state index in [1.807, 2.05) is 19.9 Å². The van der Waals surface area contributed by atoms with Gasteiger partial charge in [-0.1, -0.05) is 6.07 Å². The molecule has 1 aliphatic carbocycles. The van der Waals surface area contributed by atoms with Crippen LogP contribution in [-0.2, 0) is 27.4 Å². The van der Waals surface area contributed by atoms with E-state index in [9.17, 15) is 41.2 Å². The number of benzene rings is 3. The van der Waals surface area contributed by atoms with E-state index in [0.29, 0.717) is 54.6 Å². The number of aromatic nitrogens is 4. The Hall–Kier alpha value is -6.03. The number of rotatable bonds is 9. The number of nitrogens with one attached hydrogen (secondary N) is 2. The van der Waals surface area contributed by atoms with Gasteiger partial charge >= 0.3 is 17.9 Å². The van der Waals surface area contributed by atoms with E-state index in [1.54, 1.807) is 43.3 Å². The number of nitrogens with zero attached hydrogens (tertiary/aromatic N) is 5. The lowest BCUT2D eigenvalue weighted by atomic mass is 9.85. The van der Waals surface area contributed by atoms with Crippen molar-refractivity contribution in [1.29, 1.82) is 5.26 Å². The molecule has 2 amide bonds. The van der Waals surface area contributed by atoms with Crippen molar-refractivity contribution in [3.8, 4) is 28.8 Å². The fraction of sp³-hybridized carbons (Fsp3) is 0.325. The third kappa shape index (κ3) is 8.61. The van der Waals surface area contributed by atoms with E-state index in [-0.39, 0.29) is 46.5 Å². The molecule has 7 N–H and O–H groups in total.